The van der Waals surface area contributed by atoms with Crippen LogP contribution in [0.1, 0.15) is 34.5 Å². The van der Waals surface area contributed by atoms with Crippen LogP contribution < -0.4 is 10.2 Å². The van der Waals surface area contributed by atoms with Crippen LogP contribution >= 0.6 is 22.9 Å². The smallest absolute Gasteiger partial charge is 0.253 e. The van der Waals surface area contributed by atoms with Crippen molar-refractivity contribution in [2.45, 2.75) is 25.8 Å². The molecule has 1 aliphatic heterocycles. The van der Waals surface area contributed by atoms with E-state index >= 15 is 0 Å². The third-order valence-electron chi connectivity index (χ3n) is 6.38. The van der Waals surface area contributed by atoms with Gasteiger partial charge in [0, 0.05) is 4.88 Å². The van der Waals surface area contributed by atoms with Crippen molar-refractivity contribution in [3.05, 3.63) is 51.2 Å². The molecule has 28 heavy (non-hydrogen) atoms. The van der Waals surface area contributed by atoms with Crippen molar-refractivity contribution < 1.29 is 14.4 Å². The number of halogens is 1. The number of anilines is 1. The van der Waals surface area contributed by atoms with E-state index in [1.165, 1.54) is 4.90 Å². The second kappa shape index (κ2) is 6.71. The molecule has 0 radical (unpaired) electrons. The molecule has 144 valence electrons. The van der Waals surface area contributed by atoms with Crippen LogP contribution in [0, 0.1) is 23.7 Å². The number of hydrogen-bond donors (Lipinski definition) is 1. The number of thiophene rings is 1. The Labute approximate surface area is 171 Å². The first-order chi connectivity index (χ1) is 13.5. The summed E-state index contributed by atoms with van der Waals surface area (Å²) in [5.74, 6) is -0.255. The zero-order chi connectivity index (χ0) is 19.4. The number of fused-ring (bicyclic) bond motifs is 5. The van der Waals surface area contributed by atoms with Gasteiger partial charge in [0.05, 0.1) is 34.7 Å². The Morgan fingerprint density at radius 1 is 1.14 bits per heavy atom. The maximum Gasteiger partial charge on any atom is 0.253 e. The van der Waals surface area contributed by atoms with Crippen molar-refractivity contribution in [3.63, 3.8) is 0 Å². The van der Waals surface area contributed by atoms with Crippen LogP contribution in [0.5, 0.6) is 0 Å². The topological polar surface area (TPSA) is 66.5 Å². The Kier molecular flexibility index (Phi) is 4.29. The van der Waals surface area contributed by atoms with E-state index in [4.69, 9.17) is 11.6 Å². The Morgan fingerprint density at radius 2 is 1.86 bits per heavy atom. The van der Waals surface area contributed by atoms with Gasteiger partial charge in [-0.2, -0.15) is 0 Å². The van der Waals surface area contributed by atoms with Crippen LogP contribution in [0.4, 0.5) is 5.69 Å². The summed E-state index contributed by atoms with van der Waals surface area (Å²) in [6.45, 7) is 0.409. The van der Waals surface area contributed by atoms with Crippen molar-refractivity contribution in [1.82, 2.24) is 5.32 Å². The van der Waals surface area contributed by atoms with E-state index in [-0.39, 0.29) is 35.1 Å². The molecule has 2 saturated carbocycles. The molecule has 2 heterocycles. The number of carbonyl (C=O) groups excluding carboxylic acids is 3. The predicted molar refractivity (Wildman–Crippen MR) is 107 cm³/mol. The first-order valence-electron chi connectivity index (χ1n) is 9.52. The third kappa shape index (κ3) is 2.70. The van der Waals surface area contributed by atoms with E-state index in [1.54, 1.807) is 29.5 Å². The van der Waals surface area contributed by atoms with Gasteiger partial charge in [-0.15, -0.1) is 11.3 Å². The SMILES string of the molecule is O=C(NCc1cccs1)c1cc(N2C(=O)[C@@H]3[C@H]4CC[C@@H](C4)[C@H]3C2=O)ccc1Cl. The maximum atomic E-state index is 13.0. The predicted octanol–water partition coefficient (Wildman–Crippen LogP) is 3.87. The molecule has 0 spiro atoms. The molecule has 1 N–H and O–H groups in total. The van der Waals surface area contributed by atoms with Gasteiger partial charge in [0.15, 0.2) is 0 Å². The lowest BCUT2D eigenvalue weighted by Gasteiger charge is -2.19. The molecule has 3 fully saturated rings. The Balaban J connectivity index is 1.40. The molecule has 7 heteroatoms. The molecule has 3 amide bonds. The lowest BCUT2D eigenvalue weighted by molar-refractivity contribution is -0.123. The van der Waals surface area contributed by atoms with Crippen LogP contribution in [0.25, 0.3) is 0 Å². The molecule has 1 saturated heterocycles. The highest BCUT2D eigenvalue weighted by atomic mass is 35.5. The molecule has 2 aliphatic carbocycles. The largest absolute Gasteiger partial charge is 0.347 e. The van der Waals surface area contributed by atoms with Gasteiger partial charge in [0.2, 0.25) is 11.8 Å². The van der Waals surface area contributed by atoms with Crippen LogP contribution in [0.2, 0.25) is 5.02 Å². The molecule has 2 aromatic rings. The van der Waals surface area contributed by atoms with Crippen LogP contribution in [0.15, 0.2) is 35.7 Å². The van der Waals surface area contributed by atoms with Gasteiger partial charge in [0.25, 0.3) is 5.91 Å². The molecule has 1 aromatic heterocycles. The minimum atomic E-state index is -0.320. The quantitative estimate of drug-likeness (QED) is 0.772. The number of carbonyl (C=O) groups is 3. The summed E-state index contributed by atoms with van der Waals surface area (Å²) >= 11 is 7.80. The molecule has 3 aliphatic rings. The molecule has 1 aromatic carbocycles. The van der Waals surface area contributed by atoms with E-state index in [9.17, 15) is 14.4 Å². The fourth-order valence-corrected chi connectivity index (χ4v) is 6.01. The van der Waals surface area contributed by atoms with Crippen molar-refractivity contribution in [2.75, 3.05) is 4.90 Å². The fourth-order valence-electron chi connectivity index (χ4n) is 5.17. The highest BCUT2D eigenvalue weighted by Gasteiger charge is 2.61. The van der Waals surface area contributed by atoms with Gasteiger partial charge in [-0.3, -0.25) is 19.3 Å². The number of hydrogen-bond acceptors (Lipinski definition) is 4. The van der Waals surface area contributed by atoms with E-state index in [0.717, 1.165) is 24.1 Å². The number of benzene rings is 1. The zero-order valence-corrected chi connectivity index (χ0v) is 16.6. The molecular weight excluding hydrogens is 396 g/mol. The fraction of sp³-hybridized carbons (Fsp3) is 0.381. The zero-order valence-electron chi connectivity index (χ0n) is 15.1. The van der Waals surface area contributed by atoms with Gasteiger partial charge < -0.3 is 5.32 Å². The second-order valence-electron chi connectivity index (χ2n) is 7.82. The highest BCUT2D eigenvalue weighted by molar-refractivity contribution is 7.09. The lowest BCUT2D eigenvalue weighted by Crippen LogP contribution is -2.33. The number of amides is 3. The summed E-state index contributed by atoms with van der Waals surface area (Å²) in [4.78, 5) is 41.0. The molecular formula is C21H19ClN2O3S. The monoisotopic (exact) mass is 414 g/mol. The Bertz CT molecular complexity index is 946. The number of nitrogens with zero attached hydrogens (tertiary/aromatic N) is 1. The Morgan fingerprint density at radius 3 is 2.50 bits per heavy atom. The Hall–Kier alpha value is -2.18. The van der Waals surface area contributed by atoms with Crippen molar-refractivity contribution >= 4 is 46.3 Å². The van der Waals surface area contributed by atoms with E-state index in [0.29, 0.717) is 29.1 Å². The lowest BCUT2D eigenvalue weighted by atomic mass is 9.81. The van der Waals surface area contributed by atoms with Gasteiger partial charge in [-0.25, -0.2) is 0 Å². The van der Waals surface area contributed by atoms with Crippen LogP contribution in [-0.2, 0) is 16.1 Å². The molecule has 5 rings (SSSR count). The van der Waals surface area contributed by atoms with Crippen LogP contribution in [-0.4, -0.2) is 17.7 Å². The van der Waals surface area contributed by atoms with E-state index in [2.05, 4.69) is 5.32 Å². The number of nitrogens with one attached hydrogen (secondary N) is 1. The summed E-state index contributed by atoms with van der Waals surface area (Å²) < 4.78 is 0. The maximum absolute atomic E-state index is 13.0. The van der Waals surface area contributed by atoms with Crippen molar-refractivity contribution in [1.29, 1.82) is 0 Å². The number of rotatable bonds is 4. The van der Waals surface area contributed by atoms with Crippen molar-refractivity contribution in [2.24, 2.45) is 23.7 Å². The summed E-state index contributed by atoms with van der Waals surface area (Å²) in [6.07, 6.45) is 3.07. The summed E-state index contributed by atoms with van der Waals surface area (Å²) in [6, 6.07) is 8.66. The minimum Gasteiger partial charge on any atom is -0.347 e. The van der Waals surface area contributed by atoms with Gasteiger partial charge >= 0.3 is 0 Å². The van der Waals surface area contributed by atoms with E-state index in [1.807, 2.05) is 17.5 Å². The molecule has 0 unspecified atom stereocenters. The van der Waals surface area contributed by atoms with Gasteiger partial charge in [-0.05, 0) is 60.7 Å². The van der Waals surface area contributed by atoms with Gasteiger partial charge in [0.1, 0.15) is 0 Å². The normalized spacial score (nSPS) is 28.1. The summed E-state index contributed by atoms with van der Waals surface area (Å²) in [5.41, 5.74) is 0.714. The summed E-state index contributed by atoms with van der Waals surface area (Å²) in [7, 11) is 0. The molecule has 5 nitrogen and oxygen atoms in total. The standard InChI is InChI=1S/C21H19ClN2O3S/c22-16-6-5-13(9-15(16)19(25)23-10-14-2-1-7-28-14)24-20(26)17-11-3-4-12(8-11)18(17)21(24)27/h1-2,5-7,9,11-12,17-18H,3-4,8,10H2,(H,23,25)/t11-,12-,17+,18+/m0/s1. The molecule has 4 atom stereocenters. The molecule has 2 bridgehead atoms. The second-order valence-corrected chi connectivity index (χ2v) is 9.26. The average molecular weight is 415 g/mol. The average Bonchev–Trinajstić information content (AvgIpc) is 3.46. The minimum absolute atomic E-state index is 0.116. The van der Waals surface area contributed by atoms with Crippen molar-refractivity contribution in [3.8, 4) is 0 Å². The highest BCUT2D eigenvalue weighted by Crippen LogP contribution is 2.56. The van der Waals surface area contributed by atoms with Gasteiger partial charge in [-0.1, -0.05) is 17.7 Å². The first kappa shape index (κ1) is 17.9. The third-order valence-corrected chi connectivity index (χ3v) is 7.59. The number of imide groups is 1. The van der Waals surface area contributed by atoms with Crippen LogP contribution in [0.3, 0.4) is 0 Å². The van der Waals surface area contributed by atoms with E-state index < -0.39 is 0 Å². The summed E-state index contributed by atoms with van der Waals surface area (Å²) in [5, 5.41) is 5.09. The first-order valence-corrected chi connectivity index (χ1v) is 10.8.